The van der Waals surface area contributed by atoms with Crippen LogP contribution in [0.25, 0.3) is 0 Å². The Bertz CT molecular complexity index is 175. The number of hydrogen-bond donors (Lipinski definition) is 1. The molecule has 0 aromatic carbocycles. The molecule has 0 aliphatic rings. The highest BCUT2D eigenvalue weighted by Gasteiger charge is 1.83. The first-order chi connectivity index (χ1) is 5.20. The topological polar surface area (TPSA) is 12.0 Å². The van der Waals surface area contributed by atoms with E-state index in [1.807, 2.05) is 20.0 Å². The predicted octanol–water partition coefficient (Wildman–Crippen LogP) is 2.28. The monoisotopic (exact) mass is 151 g/mol. The molecule has 0 unspecified atom stereocenters. The van der Waals surface area contributed by atoms with E-state index < -0.39 is 0 Å². The average molecular weight is 151 g/mol. The highest BCUT2D eigenvalue weighted by Crippen LogP contribution is 1.97. The van der Waals surface area contributed by atoms with Crippen LogP contribution in [0.2, 0.25) is 0 Å². The largest absolute Gasteiger partial charge is 0.316 e. The van der Waals surface area contributed by atoms with Crippen LogP contribution < -0.4 is 5.32 Å². The van der Waals surface area contributed by atoms with Crippen LogP contribution in [0, 0.1) is 0 Å². The van der Waals surface area contributed by atoms with Gasteiger partial charge >= 0.3 is 0 Å². The molecule has 0 rings (SSSR count). The summed E-state index contributed by atoms with van der Waals surface area (Å²) in [6, 6.07) is 0. The molecule has 0 spiro atoms. The molecular weight excluding hydrogens is 134 g/mol. The molecule has 0 aliphatic heterocycles. The summed E-state index contributed by atoms with van der Waals surface area (Å²) in [5, 5.41) is 3.04. The number of nitrogens with one attached hydrogen (secondary N) is 1. The summed E-state index contributed by atoms with van der Waals surface area (Å²) < 4.78 is 0. The highest BCUT2D eigenvalue weighted by atomic mass is 14.8. The van der Waals surface area contributed by atoms with E-state index in [-0.39, 0.29) is 0 Å². The standard InChI is InChI=1S/C10H17N/c1-5-9(2)6-7-10(3)8-11-4/h5-7,11H,3,8H2,1-2,4H3. The van der Waals surface area contributed by atoms with Crippen LogP contribution >= 0.6 is 0 Å². The number of hydrogen-bond acceptors (Lipinski definition) is 1. The summed E-state index contributed by atoms with van der Waals surface area (Å²) in [6.07, 6.45) is 6.18. The molecule has 0 aromatic rings. The van der Waals surface area contributed by atoms with Crippen molar-refractivity contribution in [3.8, 4) is 0 Å². The van der Waals surface area contributed by atoms with Crippen LogP contribution in [0.15, 0.2) is 36.0 Å². The number of likely N-dealkylation sites (N-methyl/N-ethyl adjacent to an activating group) is 1. The second-order valence-corrected chi connectivity index (χ2v) is 2.55. The second kappa shape index (κ2) is 5.93. The van der Waals surface area contributed by atoms with Crippen LogP contribution in [0.5, 0.6) is 0 Å². The Hall–Kier alpha value is -0.820. The summed E-state index contributed by atoms with van der Waals surface area (Å²) >= 11 is 0. The van der Waals surface area contributed by atoms with E-state index in [4.69, 9.17) is 0 Å². The molecule has 0 aliphatic carbocycles. The van der Waals surface area contributed by atoms with E-state index in [1.165, 1.54) is 5.57 Å². The molecule has 11 heavy (non-hydrogen) atoms. The Morgan fingerprint density at radius 1 is 1.45 bits per heavy atom. The van der Waals surface area contributed by atoms with Crippen LogP contribution in [0.4, 0.5) is 0 Å². The fourth-order valence-electron chi connectivity index (χ4n) is 0.632. The first kappa shape index (κ1) is 10.2. The average Bonchev–Trinajstić information content (AvgIpc) is 2.01. The molecule has 1 nitrogen and oxygen atoms in total. The maximum atomic E-state index is 3.87. The van der Waals surface area contributed by atoms with Crippen LogP contribution in [-0.4, -0.2) is 13.6 Å². The highest BCUT2D eigenvalue weighted by molar-refractivity contribution is 5.25. The van der Waals surface area contributed by atoms with Gasteiger partial charge < -0.3 is 5.32 Å². The minimum atomic E-state index is 0.855. The van der Waals surface area contributed by atoms with Crippen molar-refractivity contribution in [1.29, 1.82) is 0 Å². The summed E-state index contributed by atoms with van der Waals surface area (Å²) in [4.78, 5) is 0. The summed E-state index contributed by atoms with van der Waals surface area (Å²) in [6.45, 7) is 8.83. The molecule has 1 heteroatoms. The third kappa shape index (κ3) is 5.62. The Morgan fingerprint density at radius 2 is 2.09 bits per heavy atom. The summed E-state index contributed by atoms with van der Waals surface area (Å²) in [7, 11) is 1.92. The molecule has 62 valence electrons. The Balaban J connectivity index is 3.83. The zero-order valence-corrected chi connectivity index (χ0v) is 7.65. The lowest BCUT2D eigenvalue weighted by molar-refractivity contribution is 0.898. The van der Waals surface area contributed by atoms with E-state index in [0.29, 0.717) is 0 Å². The van der Waals surface area contributed by atoms with Gasteiger partial charge in [0.1, 0.15) is 0 Å². The van der Waals surface area contributed by atoms with Crippen molar-refractivity contribution in [3.05, 3.63) is 36.0 Å². The molecule has 0 amide bonds. The lowest BCUT2D eigenvalue weighted by atomic mass is 10.2. The summed E-state index contributed by atoms with van der Waals surface area (Å²) in [5.41, 5.74) is 2.37. The van der Waals surface area contributed by atoms with E-state index in [1.54, 1.807) is 0 Å². The first-order valence-electron chi connectivity index (χ1n) is 3.84. The minimum absolute atomic E-state index is 0.855. The normalized spacial score (nSPS) is 12.5. The lowest BCUT2D eigenvalue weighted by Crippen LogP contribution is -2.08. The zero-order chi connectivity index (χ0) is 8.69. The van der Waals surface area contributed by atoms with E-state index in [2.05, 4.69) is 31.0 Å². The second-order valence-electron chi connectivity index (χ2n) is 2.55. The molecule has 0 fully saturated rings. The molecule has 0 radical (unpaired) electrons. The lowest BCUT2D eigenvalue weighted by Gasteiger charge is -1.96. The molecular formula is C10H17N. The smallest absolute Gasteiger partial charge is 0.0196 e. The van der Waals surface area contributed by atoms with Gasteiger partial charge in [0.05, 0.1) is 0 Å². The van der Waals surface area contributed by atoms with Crippen molar-refractivity contribution in [2.24, 2.45) is 0 Å². The third-order valence-corrected chi connectivity index (χ3v) is 1.44. The van der Waals surface area contributed by atoms with Crippen molar-refractivity contribution in [1.82, 2.24) is 5.32 Å². The third-order valence-electron chi connectivity index (χ3n) is 1.44. The SMILES string of the molecule is C=C(C=CC(C)=CC)CNC. The van der Waals surface area contributed by atoms with Crippen molar-refractivity contribution < 1.29 is 0 Å². The van der Waals surface area contributed by atoms with Gasteiger partial charge in [-0.3, -0.25) is 0 Å². The van der Waals surface area contributed by atoms with Crippen molar-refractivity contribution in [3.63, 3.8) is 0 Å². The Kier molecular flexibility index (Phi) is 5.49. The van der Waals surface area contributed by atoms with Gasteiger partial charge in [-0.25, -0.2) is 0 Å². The maximum absolute atomic E-state index is 3.87. The Labute approximate surface area is 69.5 Å². The maximum Gasteiger partial charge on any atom is 0.0196 e. The first-order valence-corrected chi connectivity index (χ1v) is 3.84. The zero-order valence-electron chi connectivity index (χ0n) is 7.65. The summed E-state index contributed by atoms with van der Waals surface area (Å²) in [5.74, 6) is 0. The van der Waals surface area contributed by atoms with Crippen molar-refractivity contribution >= 4 is 0 Å². The molecule has 0 bridgehead atoms. The molecule has 1 N–H and O–H groups in total. The molecule has 0 saturated carbocycles. The predicted molar refractivity (Wildman–Crippen MR) is 51.6 cm³/mol. The van der Waals surface area contributed by atoms with Crippen molar-refractivity contribution in [2.75, 3.05) is 13.6 Å². The van der Waals surface area contributed by atoms with Gasteiger partial charge in [-0.15, -0.1) is 0 Å². The fourth-order valence-corrected chi connectivity index (χ4v) is 0.632. The van der Waals surface area contributed by atoms with Gasteiger partial charge in [-0.1, -0.05) is 30.4 Å². The van der Waals surface area contributed by atoms with E-state index in [0.717, 1.165) is 12.1 Å². The van der Waals surface area contributed by atoms with Crippen LogP contribution in [0.3, 0.4) is 0 Å². The number of rotatable bonds is 4. The number of allylic oxidation sites excluding steroid dienone is 3. The van der Waals surface area contributed by atoms with E-state index in [9.17, 15) is 0 Å². The molecule has 0 heterocycles. The van der Waals surface area contributed by atoms with Gasteiger partial charge in [0.15, 0.2) is 0 Å². The molecule has 0 saturated heterocycles. The van der Waals surface area contributed by atoms with Crippen LogP contribution in [0.1, 0.15) is 13.8 Å². The molecule has 0 aromatic heterocycles. The van der Waals surface area contributed by atoms with E-state index >= 15 is 0 Å². The Morgan fingerprint density at radius 3 is 2.55 bits per heavy atom. The van der Waals surface area contributed by atoms with Gasteiger partial charge in [0, 0.05) is 6.54 Å². The van der Waals surface area contributed by atoms with Gasteiger partial charge in [-0.2, -0.15) is 0 Å². The van der Waals surface area contributed by atoms with Crippen LogP contribution in [-0.2, 0) is 0 Å². The fraction of sp³-hybridized carbons (Fsp3) is 0.400. The van der Waals surface area contributed by atoms with Gasteiger partial charge in [-0.05, 0) is 26.5 Å². The van der Waals surface area contributed by atoms with Crippen molar-refractivity contribution in [2.45, 2.75) is 13.8 Å². The quantitative estimate of drug-likeness (QED) is 0.608. The van der Waals surface area contributed by atoms with Gasteiger partial charge in [0.25, 0.3) is 0 Å². The van der Waals surface area contributed by atoms with Gasteiger partial charge in [0.2, 0.25) is 0 Å². The minimum Gasteiger partial charge on any atom is -0.316 e. The molecule has 0 atom stereocenters.